The fourth-order valence-electron chi connectivity index (χ4n) is 2.86. The van der Waals surface area contributed by atoms with E-state index in [1.807, 2.05) is 44.2 Å². The maximum atomic E-state index is 6.05. The molecule has 0 aliphatic carbocycles. The highest BCUT2D eigenvalue weighted by Crippen LogP contribution is 2.31. The highest BCUT2D eigenvalue weighted by molar-refractivity contribution is 14.0. The maximum absolute atomic E-state index is 6.05. The topological polar surface area (TPSA) is 84.8 Å². The van der Waals surface area contributed by atoms with Crippen LogP contribution in [0.2, 0.25) is 0 Å². The van der Waals surface area contributed by atoms with Crippen LogP contribution in [0.3, 0.4) is 0 Å². The molecule has 158 valence electrons. The highest BCUT2D eigenvalue weighted by Gasteiger charge is 2.16. The van der Waals surface area contributed by atoms with Gasteiger partial charge in [-0.3, -0.25) is 4.99 Å². The number of rotatable bonds is 7. The van der Waals surface area contributed by atoms with Crippen LogP contribution in [0.4, 0.5) is 0 Å². The van der Waals surface area contributed by atoms with Gasteiger partial charge in [-0.2, -0.15) is 0 Å². The monoisotopic (exact) mass is 512 g/mol. The predicted molar refractivity (Wildman–Crippen MR) is 125 cm³/mol. The van der Waals surface area contributed by atoms with E-state index in [9.17, 15) is 0 Å². The van der Waals surface area contributed by atoms with E-state index in [4.69, 9.17) is 13.7 Å². The summed E-state index contributed by atoms with van der Waals surface area (Å²) in [7, 11) is 1.73. The molecule has 0 fully saturated rings. The standard InChI is InChI=1S/C21H28N4O3.HI/c1-6-26-18-9-7-8-15-10-19(27-20(15)18)14(4)24-21(22-5)23-12-16-11-17(13(2)3)25-28-16;/h7-11,13-14H,6,12H2,1-5H3,(H2,22,23,24);1H. The van der Waals surface area contributed by atoms with Crippen molar-refractivity contribution in [2.24, 2.45) is 4.99 Å². The molecule has 0 aliphatic heterocycles. The Morgan fingerprint density at radius 3 is 2.69 bits per heavy atom. The molecule has 3 aromatic rings. The molecule has 1 aromatic carbocycles. The van der Waals surface area contributed by atoms with Gasteiger partial charge in [-0.25, -0.2) is 0 Å². The average molecular weight is 512 g/mol. The summed E-state index contributed by atoms with van der Waals surface area (Å²) in [5, 5.41) is 11.7. The van der Waals surface area contributed by atoms with Gasteiger partial charge in [-0.05, 0) is 31.9 Å². The van der Waals surface area contributed by atoms with Gasteiger partial charge < -0.3 is 24.3 Å². The Kier molecular flexibility index (Phi) is 8.36. The number of nitrogens with zero attached hydrogens (tertiary/aromatic N) is 2. The van der Waals surface area contributed by atoms with E-state index in [0.717, 1.165) is 33.9 Å². The molecular formula is C21H29IN4O3. The molecule has 0 saturated heterocycles. The van der Waals surface area contributed by atoms with E-state index >= 15 is 0 Å². The Balaban J connectivity index is 0.00000300. The number of guanidine groups is 1. The van der Waals surface area contributed by atoms with Crippen LogP contribution in [0.1, 0.15) is 56.9 Å². The third-order valence-corrected chi connectivity index (χ3v) is 4.43. The molecule has 0 radical (unpaired) electrons. The molecule has 8 heteroatoms. The number of ether oxygens (including phenoxy) is 1. The Morgan fingerprint density at radius 2 is 2.03 bits per heavy atom. The number of para-hydroxylation sites is 1. The van der Waals surface area contributed by atoms with Crippen LogP contribution in [0.5, 0.6) is 5.75 Å². The van der Waals surface area contributed by atoms with Crippen LogP contribution in [0.15, 0.2) is 44.3 Å². The fourth-order valence-corrected chi connectivity index (χ4v) is 2.86. The molecule has 3 rings (SSSR count). The number of hydrogen-bond donors (Lipinski definition) is 2. The van der Waals surface area contributed by atoms with E-state index in [2.05, 4.69) is 34.6 Å². The highest BCUT2D eigenvalue weighted by atomic mass is 127. The number of furan rings is 1. The first kappa shape index (κ1) is 23.1. The Hall–Kier alpha value is -2.23. The molecule has 0 spiro atoms. The minimum atomic E-state index is -0.0750. The van der Waals surface area contributed by atoms with Gasteiger partial charge in [0.15, 0.2) is 23.1 Å². The lowest BCUT2D eigenvalue weighted by atomic mass is 10.1. The molecule has 0 aliphatic rings. The van der Waals surface area contributed by atoms with Crippen LogP contribution in [0.25, 0.3) is 11.0 Å². The number of hydrogen-bond acceptors (Lipinski definition) is 5. The normalized spacial score (nSPS) is 12.7. The summed E-state index contributed by atoms with van der Waals surface area (Å²) in [6.45, 7) is 9.25. The fraction of sp³-hybridized carbons (Fsp3) is 0.429. The Bertz CT molecular complexity index is 948. The van der Waals surface area contributed by atoms with Gasteiger partial charge >= 0.3 is 0 Å². The second-order valence-corrected chi connectivity index (χ2v) is 6.92. The summed E-state index contributed by atoms with van der Waals surface area (Å²) in [4.78, 5) is 4.28. The van der Waals surface area contributed by atoms with E-state index < -0.39 is 0 Å². The molecule has 7 nitrogen and oxygen atoms in total. The van der Waals surface area contributed by atoms with Crippen LogP contribution in [0, 0.1) is 0 Å². The van der Waals surface area contributed by atoms with Gasteiger partial charge in [-0.1, -0.05) is 31.1 Å². The Morgan fingerprint density at radius 1 is 1.24 bits per heavy atom. The van der Waals surface area contributed by atoms with E-state index in [0.29, 0.717) is 25.0 Å². The van der Waals surface area contributed by atoms with Crippen LogP contribution in [-0.4, -0.2) is 24.8 Å². The minimum absolute atomic E-state index is 0. The number of halogens is 1. The first-order valence-electron chi connectivity index (χ1n) is 9.59. The summed E-state index contributed by atoms with van der Waals surface area (Å²) in [5.41, 5.74) is 1.71. The first-order valence-corrected chi connectivity index (χ1v) is 9.59. The van der Waals surface area contributed by atoms with Crippen molar-refractivity contribution >= 4 is 40.9 Å². The molecule has 29 heavy (non-hydrogen) atoms. The predicted octanol–water partition coefficient (Wildman–Crippen LogP) is 4.99. The van der Waals surface area contributed by atoms with Crippen LogP contribution in [-0.2, 0) is 6.54 Å². The zero-order valence-corrected chi connectivity index (χ0v) is 19.8. The largest absolute Gasteiger partial charge is 0.490 e. The molecule has 0 amide bonds. The lowest BCUT2D eigenvalue weighted by molar-refractivity contribution is 0.336. The van der Waals surface area contributed by atoms with E-state index in [-0.39, 0.29) is 30.0 Å². The zero-order valence-electron chi connectivity index (χ0n) is 17.5. The van der Waals surface area contributed by atoms with Crippen molar-refractivity contribution in [3.8, 4) is 5.75 Å². The zero-order chi connectivity index (χ0) is 20.1. The maximum Gasteiger partial charge on any atom is 0.191 e. The van der Waals surface area contributed by atoms with Crippen molar-refractivity contribution in [2.75, 3.05) is 13.7 Å². The molecule has 1 atom stereocenters. The van der Waals surface area contributed by atoms with Crippen molar-refractivity contribution in [3.05, 3.63) is 47.5 Å². The molecule has 0 bridgehead atoms. The summed E-state index contributed by atoms with van der Waals surface area (Å²) < 4.78 is 17.1. The van der Waals surface area contributed by atoms with Gasteiger partial charge in [0.2, 0.25) is 0 Å². The summed E-state index contributed by atoms with van der Waals surface area (Å²) in [5.74, 6) is 3.33. The van der Waals surface area contributed by atoms with Gasteiger partial charge in [0.25, 0.3) is 0 Å². The number of fused-ring (bicyclic) bond motifs is 1. The number of aliphatic imine (C=N–C) groups is 1. The lowest BCUT2D eigenvalue weighted by Crippen LogP contribution is -2.38. The smallest absolute Gasteiger partial charge is 0.191 e. The van der Waals surface area contributed by atoms with E-state index in [1.54, 1.807) is 7.05 Å². The quantitative estimate of drug-likeness (QED) is 0.264. The molecular weight excluding hydrogens is 483 g/mol. The van der Waals surface area contributed by atoms with Gasteiger partial charge in [0, 0.05) is 18.5 Å². The summed E-state index contributed by atoms with van der Waals surface area (Å²) in [6, 6.07) is 9.81. The van der Waals surface area contributed by atoms with Gasteiger partial charge in [-0.15, -0.1) is 24.0 Å². The first-order chi connectivity index (χ1) is 13.5. The molecule has 1 unspecified atom stereocenters. The van der Waals surface area contributed by atoms with Crippen molar-refractivity contribution in [3.63, 3.8) is 0 Å². The molecule has 2 aromatic heterocycles. The summed E-state index contributed by atoms with van der Waals surface area (Å²) >= 11 is 0. The van der Waals surface area contributed by atoms with Crippen LogP contribution >= 0.6 is 24.0 Å². The number of benzene rings is 1. The van der Waals surface area contributed by atoms with Gasteiger partial charge in [0.1, 0.15) is 5.76 Å². The number of aromatic nitrogens is 1. The van der Waals surface area contributed by atoms with Crippen molar-refractivity contribution < 1.29 is 13.7 Å². The van der Waals surface area contributed by atoms with E-state index in [1.165, 1.54) is 0 Å². The Labute approximate surface area is 188 Å². The van der Waals surface area contributed by atoms with Crippen molar-refractivity contribution in [1.82, 2.24) is 15.8 Å². The van der Waals surface area contributed by atoms with Crippen molar-refractivity contribution in [1.29, 1.82) is 0 Å². The second-order valence-electron chi connectivity index (χ2n) is 6.92. The van der Waals surface area contributed by atoms with Gasteiger partial charge in [0.05, 0.1) is 24.9 Å². The molecule has 2 heterocycles. The van der Waals surface area contributed by atoms with Crippen molar-refractivity contribution in [2.45, 2.75) is 46.2 Å². The number of nitrogens with one attached hydrogen (secondary N) is 2. The lowest BCUT2D eigenvalue weighted by Gasteiger charge is -2.15. The van der Waals surface area contributed by atoms with Crippen LogP contribution < -0.4 is 15.4 Å². The molecule has 2 N–H and O–H groups in total. The SMILES string of the molecule is CCOc1cccc2cc(C(C)NC(=NC)NCc3cc(C(C)C)no3)oc12.I. The minimum Gasteiger partial charge on any atom is -0.490 e. The summed E-state index contributed by atoms with van der Waals surface area (Å²) in [6.07, 6.45) is 0. The second kappa shape index (κ2) is 10.5. The third kappa shape index (κ3) is 5.65. The average Bonchev–Trinajstić information content (AvgIpc) is 3.32. The molecule has 0 saturated carbocycles. The third-order valence-electron chi connectivity index (χ3n) is 4.43.